The van der Waals surface area contributed by atoms with Crippen molar-refractivity contribution >= 4 is 33.3 Å². The fourth-order valence-corrected chi connectivity index (χ4v) is 4.41. The number of sulfonamides is 1. The molecular weight excluding hydrogens is 398 g/mol. The Morgan fingerprint density at radius 3 is 2.82 bits per heavy atom. The molecule has 1 fully saturated rings. The van der Waals surface area contributed by atoms with E-state index >= 15 is 0 Å². The largest absolute Gasteiger partial charge is 0.369 e. The van der Waals surface area contributed by atoms with Crippen LogP contribution in [0.3, 0.4) is 0 Å². The van der Waals surface area contributed by atoms with Gasteiger partial charge in [0.25, 0.3) is 0 Å². The minimum Gasteiger partial charge on any atom is -0.369 e. The second kappa shape index (κ2) is 10.9. The van der Waals surface area contributed by atoms with E-state index < -0.39 is 10.0 Å². The second-order valence-corrected chi connectivity index (χ2v) is 9.34. The minimum atomic E-state index is -3.14. The van der Waals surface area contributed by atoms with Crippen LogP contribution < -0.4 is 15.5 Å². The average Bonchev–Trinajstić information content (AvgIpc) is 3.09. The van der Waals surface area contributed by atoms with Gasteiger partial charge >= 0.3 is 0 Å². The Kier molecular flexibility index (Phi) is 8.85. The molecule has 0 aliphatic carbocycles. The molecule has 1 unspecified atom stereocenters. The van der Waals surface area contributed by atoms with Crippen LogP contribution in [0.2, 0.25) is 5.02 Å². The van der Waals surface area contributed by atoms with Crippen LogP contribution in [0.4, 0.5) is 5.69 Å². The van der Waals surface area contributed by atoms with Crippen molar-refractivity contribution in [3.05, 3.63) is 29.3 Å². The molecule has 0 amide bonds. The number of aliphatic imine (C=N–C) groups is 1. The topological polar surface area (TPSA) is 77.0 Å². The van der Waals surface area contributed by atoms with Crippen molar-refractivity contribution in [1.82, 2.24) is 14.9 Å². The number of hydrogen-bond acceptors (Lipinski definition) is 4. The smallest absolute Gasteiger partial charge is 0.211 e. The average molecular weight is 430 g/mol. The molecule has 1 atom stereocenters. The summed E-state index contributed by atoms with van der Waals surface area (Å²) in [5.41, 5.74) is 1.14. The predicted octanol–water partition coefficient (Wildman–Crippen LogP) is 2.15. The van der Waals surface area contributed by atoms with E-state index in [-0.39, 0.29) is 0 Å². The van der Waals surface area contributed by atoms with Crippen molar-refractivity contribution in [1.29, 1.82) is 0 Å². The van der Waals surface area contributed by atoms with Crippen molar-refractivity contribution in [3.8, 4) is 0 Å². The van der Waals surface area contributed by atoms with Crippen molar-refractivity contribution in [2.24, 2.45) is 4.99 Å². The summed E-state index contributed by atoms with van der Waals surface area (Å²) in [5.74, 6) is 0.780. The van der Waals surface area contributed by atoms with Crippen molar-refractivity contribution in [2.75, 3.05) is 50.4 Å². The number of nitrogens with one attached hydrogen (secondary N) is 2. The highest BCUT2D eigenvalue weighted by Crippen LogP contribution is 2.23. The second-order valence-electron chi connectivity index (χ2n) is 6.92. The summed E-state index contributed by atoms with van der Waals surface area (Å²) >= 11 is 6.10. The first-order chi connectivity index (χ1) is 13.3. The van der Waals surface area contributed by atoms with Gasteiger partial charge in [-0.3, -0.25) is 4.99 Å². The summed E-state index contributed by atoms with van der Waals surface area (Å²) in [6.45, 7) is 8.08. The molecule has 28 heavy (non-hydrogen) atoms. The lowest BCUT2D eigenvalue weighted by atomic mass is 10.2. The molecule has 9 heteroatoms. The van der Waals surface area contributed by atoms with Gasteiger partial charge in [0.1, 0.15) is 0 Å². The van der Waals surface area contributed by atoms with Gasteiger partial charge in [0.2, 0.25) is 10.0 Å². The summed E-state index contributed by atoms with van der Waals surface area (Å²) in [6.07, 6.45) is 2.96. The maximum atomic E-state index is 11.6. The first-order valence-corrected chi connectivity index (χ1v) is 12.1. The zero-order valence-corrected chi connectivity index (χ0v) is 18.6. The lowest BCUT2D eigenvalue weighted by Crippen LogP contribution is -2.44. The molecule has 1 aromatic rings. The lowest BCUT2D eigenvalue weighted by Gasteiger charge is -2.21. The van der Waals surface area contributed by atoms with E-state index in [0.29, 0.717) is 32.1 Å². The molecule has 0 saturated carbocycles. The predicted molar refractivity (Wildman–Crippen MR) is 118 cm³/mol. The third-order valence-electron chi connectivity index (χ3n) is 4.70. The molecule has 1 aliphatic rings. The lowest BCUT2D eigenvalue weighted by molar-refractivity contribution is 0.427. The van der Waals surface area contributed by atoms with E-state index in [1.54, 1.807) is 0 Å². The van der Waals surface area contributed by atoms with Crippen LogP contribution in [0, 0.1) is 0 Å². The minimum absolute atomic E-state index is 0.306. The van der Waals surface area contributed by atoms with Crippen molar-refractivity contribution < 1.29 is 8.42 Å². The maximum Gasteiger partial charge on any atom is 0.211 e. The van der Waals surface area contributed by atoms with Gasteiger partial charge in [-0.1, -0.05) is 24.6 Å². The molecule has 0 spiro atoms. The molecule has 2 rings (SSSR count). The van der Waals surface area contributed by atoms with Gasteiger partial charge in [-0.15, -0.1) is 0 Å². The van der Waals surface area contributed by atoms with E-state index in [4.69, 9.17) is 11.6 Å². The molecule has 0 aromatic heterocycles. The first kappa shape index (κ1) is 22.8. The third kappa shape index (κ3) is 7.14. The molecule has 2 N–H and O–H groups in total. The standard InChI is InChI=1S/C19H32ClN5O2S/c1-4-21-19(22-11-7-12-25(5-2)28(3,26)27)23-17-10-13-24(15-17)18-9-6-8-16(20)14-18/h6,8-9,14,17H,4-5,7,10-13,15H2,1-3H3,(H2,21,22,23). The number of rotatable bonds is 9. The molecule has 7 nitrogen and oxygen atoms in total. The summed E-state index contributed by atoms with van der Waals surface area (Å²) < 4.78 is 24.8. The normalized spacial score (nSPS) is 18.0. The van der Waals surface area contributed by atoms with Gasteiger partial charge in [-0.05, 0) is 38.0 Å². The Labute approximate surface area is 174 Å². The number of halogens is 1. The molecule has 158 valence electrons. The number of hydrogen-bond donors (Lipinski definition) is 2. The van der Waals surface area contributed by atoms with Gasteiger partial charge in [-0.25, -0.2) is 12.7 Å². The third-order valence-corrected chi connectivity index (χ3v) is 6.32. The van der Waals surface area contributed by atoms with Gasteiger partial charge in [-0.2, -0.15) is 0 Å². The van der Waals surface area contributed by atoms with Crippen LogP contribution in [-0.2, 0) is 10.0 Å². The van der Waals surface area contributed by atoms with Gasteiger partial charge < -0.3 is 15.5 Å². The van der Waals surface area contributed by atoms with Gasteiger partial charge in [0.05, 0.1) is 6.26 Å². The molecule has 1 heterocycles. The Bertz CT molecular complexity index is 756. The van der Waals surface area contributed by atoms with E-state index in [9.17, 15) is 8.42 Å². The van der Waals surface area contributed by atoms with E-state index in [1.807, 2.05) is 32.0 Å². The number of guanidine groups is 1. The maximum absolute atomic E-state index is 11.6. The molecule has 0 radical (unpaired) electrons. The summed E-state index contributed by atoms with van der Waals surface area (Å²) in [7, 11) is -3.14. The van der Waals surface area contributed by atoms with Crippen molar-refractivity contribution in [3.63, 3.8) is 0 Å². The first-order valence-electron chi connectivity index (χ1n) is 9.84. The fraction of sp³-hybridized carbons (Fsp3) is 0.632. The van der Waals surface area contributed by atoms with Gasteiger partial charge in [0.15, 0.2) is 5.96 Å². The highest BCUT2D eigenvalue weighted by Gasteiger charge is 2.23. The van der Waals surface area contributed by atoms with Gasteiger partial charge in [0, 0.05) is 56.0 Å². The van der Waals surface area contributed by atoms with Crippen LogP contribution >= 0.6 is 11.6 Å². The highest BCUT2D eigenvalue weighted by atomic mass is 35.5. The Hall–Kier alpha value is -1.51. The highest BCUT2D eigenvalue weighted by molar-refractivity contribution is 7.88. The Morgan fingerprint density at radius 2 is 2.18 bits per heavy atom. The molecule has 1 saturated heterocycles. The van der Waals surface area contributed by atoms with Crippen LogP contribution in [0.15, 0.2) is 29.3 Å². The van der Waals surface area contributed by atoms with Crippen LogP contribution in [0.5, 0.6) is 0 Å². The number of nitrogens with zero attached hydrogens (tertiary/aromatic N) is 3. The summed E-state index contributed by atoms with van der Waals surface area (Å²) in [4.78, 5) is 6.93. The molecule has 1 aromatic carbocycles. The van der Waals surface area contributed by atoms with E-state index in [0.717, 1.165) is 42.7 Å². The molecule has 1 aliphatic heterocycles. The monoisotopic (exact) mass is 429 g/mol. The fourth-order valence-electron chi connectivity index (χ4n) is 3.30. The summed E-state index contributed by atoms with van der Waals surface area (Å²) in [6, 6.07) is 8.23. The van der Waals surface area contributed by atoms with Crippen LogP contribution in [0.25, 0.3) is 0 Å². The number of anilines is 1. The van der Waals surface area contributed by atoms with E-state index in [2.05, 4.69) is 26.6 Å². The van der Waals surface area contributed by atoms with Crippen LogP contribution in [-0.4, -0.2) is 70.2 Å². The van der Waals surface area contributed by atoms with E-state index in [1.165, 1.54) is 10.6 Å². The van der Waals surface area contributed by atoms with Crippen molar-refractivity contribution in [2.45, 2.75) is 32.7 Å². The molecule has 0 bridgehead atoms. The SMILES string of the molecule is CCNC(=NCCCN(CC)S(C)(=O)=O)NC1CCN(c2cccc(Cl)c2)C1. The zero-order chi connectivity index (χ0) is 20.6. The van der Waals surface area contributed by atoms with Crippen LogP contribution in [0.1, 0.15) is 26.7 Å². The molecular formula is C19H32ClN5O2S. The Balaban J connectivity index is 1.86. The summed E-state index contributed by atoms with van der Waals surface area (Å²) in [5, 5.41) is 7.52. The zero-order valence-electron chi connectivity index (χ0n) is 17.0. The Morgan fingerprint density at radius 1 is 1.39 bits per heavy atom. The quantitative estimate of drug-likeness (QED) is 0.357. The number of benzene rings is 1.